The molecule has 0 saturated carbocycles. The maximum Gasteiger partial charge on any atom is 0.186 e. The van der Waals surface area contributed by atoms with Gasteiger partial charge in [0.25, 0.3) is 0 Å². The molecule has 5 heteroatoms. The van der Waals surface area contributed by atoms with E-state index in [1.807, 2.05) is 0 Å². The highest BCUT2D eigenvalue weighted by atomic mass is 32.2. The fourth-order valence-corrected chi connectivity index (χ4v) is 6.60. The van der Waals surface area contributed by atoms with Crippen LogP contribution >= 0.6 is 19.7 Å². The Morgan fingerprint density at radius 2 is 1.18 bits per heavy atom. The number of likely N-dealkylation sites (N-methyl/N-ethyl adjacent to an activating group) is 2. The minimum atomic E-state index is -0.530. The number of carbonyl (C=O) groups is 1. The number of nitrogens with zero attached hydrogens (tertiary/aromatic N) is 2. The summed E-state index contributed by atoms with van der Waals surface area (Å²) in [6.07, 6.45) is 2.13. The zero-order valence-corrected chi connectivity index (χ0v) is 19.5. The lowest BCUT2D eigenvalue weighted by Crippen LogP contribution is -2.17. The van der Waals surface area contributed by atoms with Crippen molar-refractivity contribution in [2.45, 2.75) is 19.8 Å². The SMILES string of the molecule is CC(=O)SCP(c1ccc(CCN(C)C)cc1)c1ccc(CCN(C)C)cc1. The van der Waals surface area contributed by atoms with E-state index in [-0.39, 0.29) is 5.12 Å². The molecule has 152 valence electrons. The molecule has 0 N–H and O–H groups in total. The Morgan fingerprint density at radius 1 is 0.786 bits per heavy atom. The summed E-state index contributed by atoms with van der Waals surface area (Å²) in [4.78, 5) is 16.0. The van der Waals surface area contributed by atoms with Gasteiger partial charge >= 0.3 is 0 Å². The first kappa shape index (κ1) is 23.1. The van der Waals surface area contributed by atoms with Crippen LogP contribution in [0.5, 0.6) is 0 Å². The van der Waals surface area contributed by atoms with Gasteiger partial charge in [0, 0.05) is 25.5 Å². The number of rotatable bonds is 10. The molecule has 0 atom stereocenters. The van der Waals surface area contributed by atoms with Gasteiger partial charge in [-0.2, -0.15) is 0 Å². The second-order valence-electron chi connectivity index (χ2n) is 7.63. The Balaban J connectivity index is 2.15. The van der Waals surface area contributed by atoms with Crippen molar-refractivity contribution in [1.29, 1.82) is 0 Å². The van der Waals surface area contributed by atoms with Crippen LogP contribution in [-0.2, 0) is 17.6 Å². The van der Waals surface area contributed by atoms with Crippen molar-refractivity contribution in [2.24, 2.45) is 0 Å². The van der Waals surface area contributed by atoms with Crippen molar-refractivity contribution >= 4 is 35.4 Å². The smallest absolute Gasteiger partial charge is 0.186 e. The van der Waals surface area contributed by atoms with Crippen molar-refractivity contribution in [3.8, 4) is 0 Å². The van der Waals surface area contributed by atoms with Gasteiger partial charge in [-0.25, -0.2) is 0 Å². The summed E-state index contributed by atoms with van der Waals surface area (Å²) in [5.41, 5.74) is 3.58. The zero-order valence-electron chi connectivity index (χ0n) is 17.8. The van der Waals surface area contributed by atoms with Crippen LogP contribution < -0.4 is 10.6 Å². The molecule has 0 saturated heterocycles. The van der Waals surface area contributed by atoms with Crippen molar-refractivity contribution in [3.63, 3.8) is 0 Å². The first-order valence-corrected chi connectivity index (χ1v) is 12.2. The largest absolute Gasteiger partial charge is 0.309 e. The first-order valence-electron chi connectivity index (χ1n) is 9.73. The Kier molecular flexibility index (Phi) is 9.67. The molecule has 0 fully saturated rings. The maximum atomic E-state index is 11.6. The lowest BCUT2D eigenvalue weighted by molar-refractivity contribution is -0.109. The van der Waals surface area contributed by atoms with Gasteiger partial charge < -0.3 is 9.80 Å². The van der Waals surface area contributed by atoms with Crippen molar-refractivity contribution in [2.75, 3.05) is 46.8 Å². The van der Waals surface area contributed by atoms with Gasteiger partial charge in [-0.3, -0.25) is 4.79 Å². The van der Waals surface area contributed by atoms with Crippen molar-refractivity contribution < 1.29 is 4.79 Å². The zero-order chi connectivity index (χ0) is 20.5. The third-order valence-electron chi connectivity index (χ3n) is 4.59. The molecule has 0 aliphatic heterocycles. The summed E-state index contributed by atoms with van der Waals surface area (Å²) < 4.78 is 0. The van der Waals surface area contributed by atoms with Crippen LogP contribution in [0, 0.1) is 0 Å². The predicted molar refractivity (Wildman–Crippen MR) is 127 cm³/mol. The van der Waals surface area contributed by atoms with Crippen LogP contribution in [-0.4, -0.2) is 61.7 Å². The first-order chi connectivity index (χ1) is 13.3. The number of thioether (sulfide) groups is 1. The lowest BCUT2D eigenvalue weighted by Gasteiger charge is -2.19. The second-order valence-corrected chi connectivity index (χ2v) is 11.4. The van der Waals surface area contributed by atoms with Crippen molar-refractivity contribution in [3.05, 3.63) is 59.7 Å². The molecule has 0 spiro atoms. The third-order valence-corrected chi connectivity index (χ3v) is 8.39. The lowest BCUT2D eigenvalue weighted by atomic mass is 10.1. The number of carbonyl (C=O) groups excluding carboxylic acids is 1. The monoisotopic (exact) mass is 416 g/mol. The van der Waals surface area contributed by atoms with Gasteiger partial charge in [-0.1, -0.05) is 60.3 Å². The molecule has 0 heterocycles. The van der Waals surface area contributed by atoms with Gasteiger partial charge in [-0.15, -0.1) is 0 Å². The Labute approximate surface area is 176 Å². The number of hydrogen-bond acceptors (Lipinski definition) is 4. The van der Waals surface area contributed by atoms with E-state index in [4.69, 9.17) is 0 Å². The molecule has 2 rings (SSSR count). The summed E-state index contributed by atoms with van der Waals surface area (Å²) >= 11 is 1.44. The topological polar surface area (TPSA) is 23.6 Å². The fraction of sp³-hybridized carbons (Fsp3) is 0.435. The highest BCUT2D eigenvalue weighted by Gasteiger charge is 2.15. The highest BCUT2D eigenvalue weighted by molar-refractivity contribution is 8.18. The Bertz CT molecular complexity index is 674. The normalized spacial score (nSPS) is 11.6. The van der Waals surface area contributed by atoms with E-state index in [0.717, 1.165) is 31.4 Å². The molecule has 0 radical (unpaired) electrons. The molecule has 28 heavy (non-hydrogen) atoms. The number of benzene rings is 2. The van der Waals surface area contributed by atoms with Crippen molar-refractivity contribution in [1.82, 2.24) is 9.80 Å². The van der Waals surface area contributed by atoms with E-state index in [0.29, 0.717) is 0 Å². The molecule has 2 aromatic carbocycles. The predicted octanol–water partition coefficient (Wildman–Crippen LogP) is 3.56. The van der Waals surface area contributed by atoms with Gasteiger partial charge in [-0.05, 0) is 70.7 Å². The third kappa shape index (κ3) is 8.05. The summed E-state index contributed by atoms with van der Waals surface area (Å²) in [5, 5.41) is 2.88. The van der Waals surface area contributed by atoms with E-state index in [9.17, 15) is 4.79 Å². The van der Waals surface area contributed by atoms with Crippen LogP contribution in [0.2, 0.25) is 0 Å². The van der Waals surface area contributed by atoms with E-state index >= 15 is 0 Å². The van der Waals surface area contributed by atoms with E-state index in [2.05, 4.69) is 86.5 Å². The van der Waals surface area contributed by atoms with Gasteiger partial charge in [0.05, 0.1) is 0 Å². The van der Waals surface area contributed by atoms with E-state index in [1.54, 1.807) is 6.92 Å². The molecule has 0 aromatic heterocycles. The standard InChI is InChI=1S/C23H33N2OPS/c1-19(26)28-18-27(22-10-6-20(7-11-22)14-16-24(2)3)23-12-8-21(9-13-23)15-17-25(4)5/h6-13H,14-18H2,1-5H3. The molecule has 0 unspecified atom stereocenters. The molecule has 2 aromatic rings. The minimum Gasteiger partial charge on any atom is -0.309 e. The second kappa shape index (κ2) is 11.7. The Hall–Kier alpha value is -1.19. The van der Waals surface area contributed by atoms with Crippen LogP contribution in [0.25, 0.3) is 0 Å². The van der Waals surface area contributed by atoms with Crippen LogP contribution in [0.4, 0.5) is 0 Å². The van der Waals surface area contributed by atoms with Gasteiger partial charge in [0.15, 0.2) is 5.12 Å². The van der Waals surface area contributed by atoms with Crippen LogP contribution in [0.1, 0.15) is 18.1 Å². The van der Waals surface area contributed by atoms with Gasteiger partial charge in [0.2, 0.25) is 0 Å². The Morgan fingerprint density at radius 3 is 1.50 bits per heavy atom. The van der Waals surface area contributed by atoms with E-state index < -0.39 is 7.92 Å². The molecule has 0 bridgehead atoms. The minimum absolute atomic E-state index is 0.192. The van der Waals surface area contributed by atoms with Gasteiger partial charge in [0.1, 0.15) is 0 Å². The summed E-state index contributed by atoms with van der Waals surface area (Å²) in [7, 11) is 7.89. The molecule has 0 aliphatic carbocycles. The van der Waals surface area contributed by atoms with E-state index in [1.165, 1.54) is 33.5 Å². The summed E-state index contributed by atoms with van der Waals surface area (Å²) in [5.74, 6) is 0. The quantitative estimate of drug-likeness (QED) is 0.553. The average Bonchev–Trinajstić information content (AvgIpc) is 2.66. The molecule has 0 amide bonds. The average molecular weight is 417 g/mol. The number of hydrogen-bond donors (Lipinski definition) is 0. The van der Waals surface area contributed by atoms with Crippen LogP contribution in [0.15, 0.2) is 48.5 Å². The molecule has 0 aliphatic rings. The molecular weight excluding hydrogens is 383 g/mol. The maximum absolute atomic E-state index is 11.6. The highest BCUT2D eigenvalue weighted by Crippen LogP contribution is 2.37. The summed E-state index contributed by atoms with van der Waals surface area (Å²) in [6, 6.07) is 18.0. The van der Waals surface area contributed by atoms with Crippen LogP contribution in [0.3, 0.4) is 0 Å². The molecular formula is C23H33N2OPS. The summed E-state index contributed by atoms with van der Waals surface area (Å²) in [6.45, 7) is 3.78. The fourth-order valence-electron chi connectivity index (χ4n) is 2.84. The molecule has 3 nitrogen and oxygen atoms in total.